The number of carbonyl (C=O) groups excluding carboxylic acids is 1. The third kappa shape index (κ3) is 4.37. The van der Waals surface area contributed by atoms with Crippen molar-refractivity contribution in [3.05, 3.63) is 22.8 Å². The van der Waals surface area contributed by atoms with Crippen LogP contribution in [-0.2, 0) is 0 Å². The largest absolute Gasteiger partial charge is 0.370 e. The van der Waals surface area contributed by atoms with Crippen molar-refractivity contribution in [3.63, 3.8) is 0 Å². The van der Waals surface area contributed by atoms with Crippen molar-refractivity contribution in [3.8, 4) is 0 Å². The number of hydrogen-bond donors (Lipinski definition) is 2. The third-order valence-corrected chi connectivity index (χ3v) is 3.84. The Morgan fingerprint density at radius 1 is 1.30 bits per heavy atom. The Bertz CT molecular complexity index is 447. The van der Waals surface area contributed by atoms with E-state index in [-0.39, 0.29) is 17.6 Å². The van der Waals surface area contributed by atoms with Gasteiger partial charge >= 0.3 is 0 Å². The number of anilines is 1. The molecule has 5 heteroatoms. The van der Waals surface area contributed by atoms with Gasteiger partial charge in [-0.2, -0.15) is 0 Å². The molecule has 0 aliphatic heterocycles. The summed E-state index contributed by atoms with van der Waals surface area (Å²) in [5.74, 6) is 0.918. The van der Waals surface area contributed by atoms with Gasteiger partial charge in [0, 0.05) is 12.6 Å². The first-order valence-electron chi connectivity index (χ1n) is 7.24. The third-order valence-electron chi connectivity index (χ3n) is 3.53. The molecule has 1 rings (SSSR count). The molecule has 0 radical (unpaired) electrons. The van der Waals surface area contributed by atoms with Crippen molar-refractivity contribution >= 4 is 23.3 Å². The van der Waals surface area contributed by atoms with Crippen molar-refractivity contribution in [2.45, 2.75) is 46.6 Å². The van der Waals surface area contributed by atoms with Crippen LogP contribution in [0.1, 0.15) is 51.0 Å². The number of pyridine rings is 1. The fourth-order valence-electron chi connectivity index (χ4n) is 2.27. The number of aromatic nitrogens is 1. The van der Waals surface area contributed by atoms with E-state index in [1.807, 2.05) is 13.8 Å². The van der Waals surface area contributed by atoms with E-state index in [1.165, 1.54) is 0 Å². The van der Waals surface area contributed by atoms with Gasteiger partial charge in [-0.25, -0.2) is 4.98 Å². The molecule has 0 aromatic carbocycles. The van der Waals surface area contributed by atoms with Gasteiger partial charge < -0.3 is 10.6 Å². The molecule has 1 aromatic heterocycles. The van der Waals surface area contributed by atoms with Crippen LogP contribution < -0.4 is 10.6 Å². The monoisotopic (exact) mass is 297 g/mol. The molecule has 0 fully saturated rings. The molecule has 1 atom stereocenters. The van der Waals surface area contributed by atoms with E-state index >= 15 is 0 Å². The topological polar surface area (TPSA) is 54.0 Å². The minimum Gasteiger partial charge on any atom is -0.370 e. The zero-order valence-electron chi connectivity index (χ0n) is 12.7. The summed E-state index contributed by atoms with van der Waals surface area (Å²) < 4.78 is 0. The molecule has 0 saturated heterocycles. The first-order chi connectivity index (χ1) is 9.53. The van der Waals surface area contributed by atoms with Gasteiger partial charge in [0.2, 0.25) is 0 Å². The lowest BCUT2D eigenvalue weighted by atomic mass is 9.95. The average molecular weight is 298 g/mol. The molecule has 1 heterocycles. The second-order valence-corrected chi connectivity index (χ2v) is 5.30. The van der Waals surface area contributed by atoms with Crippen LogP contribution in [0.15, 0.2) is 12.1 Å². The van der Waals surface area contributed by atoms with Gasteiger partial charge in [0.05, 0.1) is 5.02 Å². The second kappa shape index (κ2) is 8.10. The zero-order chi connectivity index (χ0) is 15.1. The summed E-state index contributed by atoms with van der Waals surface area (Å²) in [5.41, 5.74) is 0.280. The van der Waals surface area contributed by atoms with Crippen LogP contribution in [0.2, 0.25) is 5.02 Å². The van der Waals surface area contributed by atoms with Gasteiger partial charge in [0.1, 0.15) is 11.5 Å². The number of nitrogens with zero attached hydrogens (tertiary/aromatic N) is 1. The van der Waals surface area contributed by atoms with E-state index in [9.17, 15) is 4.79 Å². The van der Waals surface area contributed by atoms with Crippen molar-refractivity contribution in [2.75, 3.05) is 11.9 Å². The maximum Gasteiger partial charge on any atom is 0.271 e. The van der Waals surface area contributed by atoms with Gasteiger partial charge in [0.25, 0.3) is 5.91 Å². The predicted octanol–water partition coefficient (Wildman–Crippen LogP) is 3.72. The lowest BCUT2D eigenvalue weighted by Gasteiger charge is -2.22. The van der Waals surface area contributed by atoms with Crippen molar-refractivity contribution < 1.29 is 4.79 Å². The first-order valence-corrected chi connectivity index (χ1v) is 7.62. The molecule has 2 N–H and O–H groups in total. The maximum absolute atomic E-state index is 12.3. The highest BCUT2D eigenvalue weighted by Crippen LogP contribution is 2.18. The molecule has 0 spiro atoms. The molecule has 0 aliphatic carbocycles. The summed E-state index contributed by atoms with van der Waals surface area (Å²) in [6.07, 6.45) is 2.08. The average Bonchev–Trinajstić information content (AvgIpc) is 2.42. The lowest BCUT2D eigenvalue weighted by molar-refractivity contribution is 0.0920. The van der Waals surface area contributed by atoms with Crippen LogP contribution in [0.3, 0.4) is 0 Å². The lowest BCUT2D eigenvalue weighted by Crippen LogP contribution is -2.38. The number of nitrogens with one attached hydrogen (secondary N) is 2. The van der Waals surface area contributed by atoms with Gasteiger partial charge in [-0.3, -0.25) is 4.79 Å². The highest BCUT2D eigenvalue weighted by molar-refractivity contribution is 6.33. The fourth-order valence-corrected chi connectivity index (χ4v) is 2.46. The summed E-state index contributed by atoms with van der Waals surface area (Å²) in [6, 6.07) is 3.58. The van der Waals surface area contributed by atoms with Gasteiger partial charge in [-0.1, -0.05) is 38.3 Å². The predicted molar refractivity (Wildman–Crippen MR) is 84.4 cm³/mol. The second-order valence-electron chi connectivity index (χ2n) is 4.90. The molecule has 1 aromatic rings. The highest BCUT2D eigenvalue weighted by atomic mass is 35.5. The SMILES string of the molecule is CCNc1ccc(Cl)c(C(=O)NC(C)C(CC)CC)n1. The van der Waals surface area contributed by atoms with Gasteiger partial charge in [-0.15, -0.1) is 0 Å². The van der Waals surface area contributed by atoms with E-state index in [1.54, 1.807) is 12.1 Å². The number of hydrogen-bond acceptors (Lipinski definition) is 3. The Balaban J connectivity index is 2.83. The van der Waals surface area contributed by atoms with Crippen molar-refractivity contribution in [1.82, 2.24) is 10.3 Å². The Morgan fingerprint density at radius 3 is 2.50 bits per heavy atom. The van der Waals surface area contributed by atoms with E-state index in [0.29, 0.717) is 16.8 Å². The smallest absolute Gasteiger partial charge is 0.271 e. The first kappa shape index (κ1) is 16.8. The zero-order valence-corrected chi connectivity index (χ0v) is 13.4. The maximum atomic E-state index is 12.3. The molecule has 0 bridgehead atoms. The quantitative estimate of drug-likeness (QED) is 0.806. The van der Waals surface area contributed by atoms with Crippen LogP contribution in [0.5, 0.6) is 0 Å². The van der Waals surface area contributed by atoms with E-state index in [2.05, 4.69) is 29.5 Å². The van der Waals surface area contributed by atoms with Crippen LogP contribution >= 0.6 is 11.6 Å². The minimum atomic E-state index is -0.214. The normalized spacial score (nSPS) is 12.3. The molecule has 1 amide bonds. The Labute approximate surface area is 126 Å². The van der Waals surface area contributed by atoms with Crippen LogP contribution in [0, 0.1) is 5.92 Å². The minimum absolute atomic E-state index is 0.109. The van der Waals surface area contributed by atoms with Gasteiger partial charge in [-0.05, 0) is 31.9 Å². The molecule has 0 aliphatic rings. The van der Waals surface area contributed by atoms with Crippen molar-refractivity contribution in [1.29, 1.82) is 0 Å². The number of rotatable bonds is 7. The number of carbonyl (C=O) groups is 1. The van der Waals surface area contributed by atoms with Gasteiger partial charge in [0.15, 0.2) is 0 Å². The Kier molecular flexibility index (Phi) is 6.79. The molecule has 1 unspecified atom stereocenters. The van der Waals surface area contributed by atoms with Crippen LogP contribution in [-0.4, -0.2) is 23.5 Å². The van der Waals surface area contributed by atoms with E-state index in [0.717, 1.165) is 19.4 Å². The molecular weight excluding hydrogens is 274 g/mol. The Hall–Kier alpha value is -1.29. The summed E-state index contributed by atoms with van der Waals surface area (Å²) in [4.78, 5) is 16.6. The van der Waals surface area contributed by atoms with E-state index < -0.39 is 0 Å². The molecule has 112 valence electrons. The van der Waals surface area contributed by atoms with Crippen LogP contribution in [0.25, 0.3) is 0 Å². The Morgan fingerprint density at radius 2 is 1.95 bits per heavy atom. The summed E-state index contributed by atoms with van der Waals surface area (Å²) in [5, 5.41) is 6.45. The highest BCUT2D eigenvalue weighted by Gasteiger charge is 2.19. The molecule has 20 heavy (non-hydrogen) atoms. The number of amides is 1. The summed E-state index contributed by atoms with van der Waals surface area (Å²) >= 11 is 6.07. The number of halogens is 1. The summed E-state index contributed by atoms with van der Waals surface area (Å²) in [6.45, 7) is 9.02. The van der Waals surface area contributed by atoms with Crippen molar-refractivity contribution in [2.24, 2.45) is 5.92 Å². The molecule has 4 nitrogen and oxygen atoms in total. The van der Waals surface area contributed by atoms with E-state index in [4.69, 9.17) is 11.6 Å². The molecular formula is C15H24ClN3O. The van der Waals surface area contributed by atoms with Crippen LogP contribution in [0.4, 0.5) is 5.82 Å². The molecule has 0 saturated carbocycles. The summed E-state index contributed by atoms with van der Waals surface area (Å²) in [7, 11) is 0. The fraction of sp³-hybridized carbons (Fsp3) is 0.600. The standard InChI is InChI=1S/C15H24ClN3O/c1-5-11(6-2)10(4)18-15(20)14-12(16)8-9-13(19-14)17-7-3/h8-11H,5-7H2,1-4H3,(H,17,19)(H,18,20).